The Morgan fingerprint density at radius 1 is 1.07 bits per heavy atom. The van der Waals surface area contributed by atoms with Gasteiger partial charge in [-0.1, -0.05) is 12.0 Å². The van der Waals surface area contributed by atoms with Crippen molar-refractivity contribution in [2.45, 2.75) is 63.3 Å². The Bertz CT molecular complexity index is 260. The normalized spacial score (nSPS) is 31.8. The molecule has 3 heteroatoms. The van der Waals surface area contributed by atoms with E-state index in [1.165, 1.54) is 12.0 Å². The van der Waals surface area contributed by atoms with Crippen LogP contribution in [0.4, 0.5) is 0 Å². The maximum atomic E-state index is 9.89. The fourth-order valence-electron chi connectivity index (χ4n) is 2.73. The van der Waals surface area contributed by atoms with Crippen LogP contribution >= 0.6 is 0 Å². The van der Waals surface area contributed by atoms with Crippen LogP contribution in [0.25, 0.3) is 0 Å². The van der Waals surface area contributed by atoms with Gasteiger partial charge in [0, 0.05) is 6.42 Å². The summed E-state index contributed by atoms with van der Waals surface area (Å²) in [7, 11) is 0. The molecule has 15 heavy (non-hydrogen) atoms. The van der Waals surface area contributed by atoms with Gasteiger partial charge in [0.05, 0.1) is 6.10 Å². The minimum absolute atomic E-state index is 0.271. The smallest absolute Gasteiger partial charge is 0.186 e. The van der Waals surface area contributed by atoms with E-state index in [1.54, 1.807) is 0 Å². The molecule has 2 aliphatic rings. The van der Waals surface area contributed by atoms with E-state index in [0.717, 1.165) is 25.7 Å². The number of allylic oxidation sites excluding steroid dienone is 1. The lowest BCUT2D eigenvalue weighted by atomic mass is 9.80. The van der Waals surface area contributed by atoms with Crippen LogP contribution in [0.1, 0.15) is 51.4 Å². The Balaban J connectivity index is 2.22. The number of aliphatic hydroxyl groups excluding tert-OH is 1. The van der Waals surface area contributed by atoms with Gasteiger partial charge >= 0.3 is 0 Å². The molecule has 1 unspecified atom stereocenters. The minimum atomic E-state index is -1.65. The summed E-state index contributed by atoms with van der Waals surface area (Å²) in [6.45, 7) is 0. The topological polar surface area (TPSA) is 60.7 Å². The van der Waals surface area contributed by atoms with Crippen molar-refractivity contribution < 1.29 is 15.3 Å². The number of hydrogen-bond donors (Lipinski definition) is 3. The fraction of sp³-hybridized carbons (Fsp3) is 0.833. The zero-order chi connectivity index (χ0) is 10.9. The molecule has 2 saturated carbocycles. The Morgan fingerprint density at radius 2 is 1.73 bits per heavy atom. The molecule has 0 radical (unpaired) electrons. The first kappa shape index (κ1) is 11.1. The molecule has 0 aromatic carbocycles. The average molecular weight is 212 g/mol. The molecule has 2 fully saturated rings. The highest BCUT2D eigenvalue weighted by Gasteiger charge is 2.36. The summed E-state index contributed by atoms with van der Waals surface area (Å²) in [6.07, 6.45) is 6.30. The summed E-state index contributed by atoms with van der Waals surface area (Å²) in [5.41, 5.74) is 1.89. The van der Waals surface area contributed by atoms with Gasteiger partial charge < -0.3 is 15.3 Å². The van der Waals surface area contributed by atoms with E-state index in [9.17, 15) is 15.3 Å². The second-order valence-electron chi connectivity index (χ2n) is 4.86. The van der Waals surface area contributed by atoms with Gasteiger partial charge in [-0.05, 0) is 44.1 Å². The monoisotopic (exact) mass is 212 g/mol. The second-order valence-corrected chi connectivity index (χ2v) is 4.86. The largest absolute Gasteiger partial charge is 0.393 e. The molecule has 0 spiro atoms. The SMILES string of the molecule is OC1CCC(O)(O)C(=C2CCCCC2)C1. The van der Waals surface area contributed by atoms with Crippen LogP contribution in [0.2, 0.25) is 0 Å². The molecule has 3 N–H and O–H groups in total. The summed E-state index contributed by atoms with van der Waals surface area (Å²) in [6, 6.07) is 0. The van der Waals surface area contributed by atoms with Crippen molar-refractivity contribution in [2.24, 2.45) is 0 Å². The fourth-order valence-corrected chi connectivity index (χ4v) is 2.73. The number of aliphatic hydroxyl groups is 3. The molecule has 0 bridgehead atoms. The molecule has 2 rings (SSSR count). The van der Waals surface area contributed by atoms with Crippen molar-refractivity contribution in [3.63, 3.8) is 0 Å². The van der Waals surface area contributed by atoms with E-state index in [-0.39, 0.29) is 12.5 Å². The standard InChI is InChI=1S/C12H20O3/c13-10-6-7-12(14,15)11(8-10)9-4-2-1-3-5-9/h10,13-15H,1-8H2. The number of hydrogen-bond acceptors (Lipinski definition) is 3. The predicted octanol–water partition coefficient (Wildman–Crippen LogP) is 1.47. The van der Waals surface area contributed by atoms with Crippen LogP contribution in [0, 0.1) is 0 Å². The molecule has 0 aromatic rings. The molecule has 0 heterocycles. The maximum absolute atomic E-state index is 9.89. The van der Waals surface area contributed by atoms with Crippen LogP contribution in [0.3, 0.4) is 0 Å². The van der Waals surface area contributed by atoms with Gasteiger partial charge in [0.1, 0.15) is 0 Å². The second kappa shape index (κ2) is 4.24. The molecule has 3 nitrogen and oxygen atoms in total. The van der Waals surface area contributed by atoms with E-state index in [4.69, 9.17) is 0 Å². The Morgan fingerprint density at radius 3 is 2.40 bits per heavy atom. The number of rotatable bonds is 0. The molecule has 1 atom stereocenters. The molecule has 86 valence electrons. The van der Waals surface area contributed by atoms with Crippen LogP contribution < -0.4 is 0 Å². The van der Waals surface area contributed by atoms with Gasteiger partial charge in [-0.2, -0.15) is 0 Å². The predicted molar refractivity (Wildman–Crippen MR) is 57.1 cm³/mol. The molecule has 0 amide bonds. The molecule has 0 saturated heterocycles. The van der Waals surface area contributed by atoms with E-state index >= 15 is 0 Å². The first-order valence-electron chi connectivity index (χ1n) is 5.94. The lowest BCUT2D eigenvalue weighted by molar-refractivity contribution is -0.153. The highest BCUT2D eigenvalue weighted by molar-refractivity contribution is 5.24. The highest BCUT2D eigenvalue weighted by Crippen LogP contribution is 2.38. The van der Waals surface area contributed by atoms with Crippen molar-refractivity contribution in [2.75, 3.05) is 0 Å². The third-order valence-electron chi connectivity index (χ3n) is 3.63. The first-order chi connectivity index (χ1) is 7.09. The maximum Gasteiger partial charge on any atom is 0.186 e. The zero-order valence-corrected chi connectivity index (χ0v) is 9.08. The molecule has 0 aromatic heterocycles. The highest BCUT2D eigenvalue weighted by atomic mass is 16.5. The van der Waals surface area contributed by atoms with Crippen molar-refractivity contribution in [1.29, 1.82) is 0 Å². The van der Waals surface area contributed by atoms with Gasteiger partial charge in [0.25, 0.3) is 0 Å². The summed E-state index contributed by atoms with van der Waals surface area (Å²) < 4.78 is 0. The zero-order valence-electron chi connectivity index (χ0n) is 9.08. The van der Waals surface area contributed by atoms with Crippen LogP contribution in [-0.2, 0) is 0 Å². The average Bonchev–Trinajstić information content (AvgIpc) is 2.23. The molecule has 2 aliphatic carbocycles. The van der Waals surface area contributed by atoms with E-state index < -0.39 is 5.79 Å². The van der Waals surface area contributed by atoms with Gasteiger partial charge in [-0.15, -0.1) is 0 Å². The van der Waals surface area contributed by atoms with E-state index in [2.05, 4.69) is 0 Å². The first-order valence-corrected chi connectivity index (χ1v) is 5.94. The molecular formula is C12H20O3. The summed E-state index contributed by atoms with van der Waals surface area (Å²) in [5.74, 6) is -1.65. The Kier molecular flexibility index (Phi) is 3.14. The van der Waals surface area contributed by atoms with Crippen molar-refractivity contribution in [3.8, 4) is 0 Å². The van der Waals surface area contributed by atoms with Gasteiger partial charge in [-0.25, -0.2) is 0 Å². The molecule has 0 aliphatic heterocycles. The van der Waals surface area contributed by atoms with Crippen molar-refractivity contribution in [1.82, 2.24) is 0 Å². The minimum Gasteiger partial charge on any atom is -0.393 e. The van der Waals surface area contributed by atoms with Crippen LogP contribution in [0.5, 0.6) is 0 Å². The van der Waals surface area contributed by atoms with Gasteiger partial charge in [0.15, 0.2) is 5.79 Å². The Hall–Kier alpha value is -0.380. The lowest BCUT2D eigenvalue weighted by Gasteiger charge is -2.35. The summed E-state index contributed by atoms with van der Waals surface area (Å²) in [5, 5.41) is 29.4. The summed E-state index contributed by atoms with van der Waals surface area (Å²) >= 11 is 0. The van der Waals surface area contributed by atoms with Gasteiger partial charge in [-0.3, -0.25) is 0 Å². The van der Waals surface area contributed by atoms with Crippen LogP contribution in [-0.4, -0.2) is 27.2 Å². The molecular weight excluding hydrogens is 192 g/mol. The van der Waals surface area contributed by atoms with E-state index in [1.807, 2.05) is 0 Å². The quantitative estimate of drug-likeness (QED) is 0.421. The van der Waals surface area contributed by atoms with Crippen LogP contribution in [0.15, 0.2) is 11.1 Å². The van der Waals surface area contributed by atoms with Crippen molar-refractivity contribution in [3.05, 3.63) is 11.1 Å². The van der Waals surface area contributed by atoms with Gasteiger partial charge in [0.2, 0.25) is 0 Å². The lowest BCUT2D eigenvalue weighted by Crippen LogP contribution is -2.39. The summed E-state index contributed by atoms with van der Waals surface area (Å²) in [4.78, 5) is 0. The third kappa shape index (κ3) is 2.41. The van der Waals surface area contributed by atoms with E-state index in [0.29, 0.717) is 18.4 Å². The Labute approximate surface area is 90.4 Å². The third-order valence-corrected chi connectivity index (χ3v) is 3.63. The van der Waals surface area contributed by atoms with Crippen molar-refractivity contribution >= 4 is 0 Å².